The molecule has 1 heterocycles. The minimum atomic E-state index is -1.44. The van der Waals surface area contributed by atoms with Crippen LogP contribution in [-0.4, -0.2) is 34.0 Å². The van der Waals surface area contributed by atoms with E-state index < -0.39 is 34.8 Å². The van der Waals surface area contributed by atoms with Crippen molar-refractivity contribution in [1.82, 2.24) is 10.2 Å². The van der Waals surface area contributed by atoms with Crippen LogP contribution in [0.4, 0.5) is 4.39 Å². The molecule has 0 bridgehead atoms. The van der Waals surface area contributed by atoms with Crippen LogP contribution < -0.4 is 5.56 Å². The lowest BCUT2D eigenvalue weighted by Gasteiger charge is -2.40. The van der Waals surface area contributed by atoms with Crippen LogP contribution in [-0.2, 0) is 16.0 Å². The molecule has 0 aliphatic heterocycles. The molecular weight excluding hydrogens is 303 g/mol. The Bertz CT molecular complexity index is 808. The zero-order valence-electron chi connectivity index (χ0n) is 12.7. The van der Waals surface area contributed by atoms with E-state index >= 15 is 0 Å². The van der Waals surface area contributed by atoms with E-state index in [0.717, 1.165) is 0 Å². The number of hydrogen-bond donors (Lipinski definition) is 3. The molecule has 3 N–H and O–H groups in total. The van der Waals surface area contributed by atoms with E-state index in [4.69, 9.17) is 4.74 Å². The van der Waals surface area contributed by atoms with Crippen molar-refractivity contribution in [3.63, 3.8) is 0 Å². The number of benzene rings is 1. The molecule has 3 atom stereocenters. The number of fused-ring (bicyclic) bond motifs is 1. The van der Waals surface area contributed by atoms with Gasteiger partial charge in [-0.15, -0.1) is 0 Å². The second-order valence-electron chi connectivity index (χ2n) is 6.04. The maximum absolute atomic E-state index is 13.7. The molecule has 0 fully saturated rings. The van der Waals surface area contributed by atoms with Crippen LogP contribution in [0.5, 0.6) is 0 Å². The smallest absolute Gasteiger partial charge is 0.312 e. The largest absolute Gasteiger partial charge is 0.469 e. The van der Waals surface area contributed by atoms with Gasteiger partial charge in [0.2, 0.25) is 0 Å². The van der Waals surface area contributed by atoms with Gasteiger partial charge in [-0.3, -0.25) is 14.7 Å². The number of H-pyrrole nitrogens is 2. The Hall–Kier alpha value is -2.41. The number of hydrogen-bond acceptors (Lipinski definition) is 4. The zero-order chi connectivity index (χ0) is 16.8. The molecule has 7 heteroatoms. The number of carbonyl (C=O) groups excluding carboxylic acids is 1. The van der Waals surface area contributed by atoms with Crippen LogP contribution >= 0.6 is 0 Å². The number of methoxy groups -OCH3 is 1. The maximum Gasteiger partial charge on any atom is 0.312 e. The first-order valence-electron chi connectivity index (χ1n) is 7.20. The van der Waals surface area contributed by atoms with Gasteiger partial charge in [0, 0.05) is 23.6 Å². The molecule has 0 radical (unpaired) electrons. The Balaban J connectivity index is 2.26. The third-order valence-electron chi connectivity index (χ3n) is 4.41. The summed E-state index contributed by atoms with van der Waals surface area (Å²) in [5.41, 5.74) is -0.556. The number of carbonyl (C=O) groups is 1. The van der Waals surface area contributed by atoms with E-state index in [1.165, 1.54) is 32.2 Å². The van der Waals surface area contributed by atoms with E-state index in [9.17, 15) is 19.1 Å². The van der Waals surface area contributed by atoms with E-state index in [0.29, 0.717) is 16.8 Å². The topological polar surface area (TPSA) is 95.2 Å². The molecule has 1 aliphatic carbocycles. The molecule has 23 heavy (non-hydrogen) atoms. The molecule has 0 saturated carbocycles. The lowest BCUT2D eigenvalue weighted by molar-refractivity contribution is -0.156. The fraction of sp³-hybridized carbons (Fsp3) is 0.375. The van der Waals surface area contributed by atoms with E-state index in [-0.39, 0.29) is 6.42 Å². The van der Waals surface area contributed by atoms with Crippen LogP contribution in [0.2, 0.25) is 0 Å². The van der Waals surface area contributed by atoms with Gasteiger partial charge < -0.3 is 14.9 Å². The van der Waals surface area contributed by atoms with Gasteiger partial charge in [0.15, 0.2) is 0 Å². The van der Waals surface area contributed by atoms with Crippen molar-refractivity contribution in [2.24, 2.45) is 5.92 Å². The first-order chi connectivity index (χ1) is 10.8. The Kier molecular flexibility index (Phi) is 3.60. The maximum atomic E-state index is 13.7. The summed E-state index contributed by atoms with van der Waals surface area (Å²) in [4.78, 5) is 24.5. The summed E-state index contributed by atoms with van der Waals surface area (Å²) in [5, 5.41) is 16.0. The summed E-state index contributed by atoms with van der Waals surface area (Å²) >= 11 is 0. The first kappa shape index (κ1) is 15.5. The van der Waals surface area contributed by atoms with Crippen LogP contribution in [0, 0.1) is 11.7 Å². The van der Waals surface area contributed by atoms with Crippen LogP contribution in [0.25, 0.3) is 0 Å². The average molecular weight is 320 g/mol. The summed E-state index contributed by atoms with van der Waals surface area (Å²) in [5.74, 6) is -2.94. The number of ether oxygens (including phenoxy) is 1. The monoisotopic (exact) mass is 320 g/mol. The molecule has 2 aromatic rings. The minimum Gasteiger partial charge on any atom is -0.469 e. The molecule has 6 nitrogen and oxygen atoms in total. The highest BCUT2D eigenvalue weighted by molar-refractivity contribution is 5.77. The number of aromatic amines is 2. The van der Waals surface area contributed by atoms with E-state index in [1.54, 1.807) is 6.07 Å². The zero-order valence-corrected chi connectivity index (χ0v) is 12.7. The lowest BCUT2D eigenvalue weighted by atomic mass is 9.66. The van der Waals surface area contributed by atoms with Crippen LogP contribution in [0.1, 0.15) is 29.7 Å². The first-order valence-corrected chi connectivity index (χ1v) is 7.20. The van der Waals surface area contributed by atoms with Crippen LogP contribution in [0.15, 0.2) is 29.1 Å². The molecule has 0 saturated heterocycles. The van der Waals surface area contributed by atoms with Crippen molar-refractivity contribution < 1.29 is 19.0 Å². The van der Waals surface area contributed by atoms with E-state index in [1.807, 2.05) is 0 Å². The van der Waals surface area contributed by atoms with Crippen LogP contribution in [0.3, 0.4) is 0 Å². The van der Waals surface area contributed by atoms with Gasteiger partial charge in [-0.2, -0.15) is 0 Å². The quantitative estimate of drug-likeness (QED) is 0.721. The minimum absolute atomic E-state index is 0.0899. The Labute approximate surface area is 131 Å². The summed E-state index contributed by atoms with van der Waals surface area (Å²) in [6, 6.07) is 5.67. The summed E-state index contributed by atoms with van der Waals surface area (Å²) < 4.78 is 18.5. The molecule has 122 valence electrons. The SMILES string of the molecule is COC(=O)[C@@H]1[C@@H](c2cccc(F)c2)c2c([nH][nH]c2=O)C[C@]1(C)O. The fourth-order valence-electron chi connectivity index (χ4n) is 3.44. The average Bonchev–Trinajstić information content (AvgIpc) is 2.84. The van der Waals surface area contributed by atoms with Crippen molar-refractivity contribution in [1.29, 1.82) is 0 Å². The standard InChI is InChI=1S/C16H17FN2O4/c1-16(22)7-10-12(14(20)19-18-10)11(13(16)15(21)23-2)8-4-3-5-9(17)6-8/h3-6,11,13,22H,7H2,1-2H3,(H2,18,19,20)/t11-,13-,16-/m0/s1. The van der Waals surface area contributed by atoms with Gasteiger partial charge in [-0.25, -0.2) is 4.39 Å². The van der Waals surface area contributed by atoms with Crippen molar-refractivity contribution in [3.05, 3.63) is 57.3 Å². The van der Waals surface area contributed by atoms with Gasteiger partial charge in [0.25, 0.3) is 5.56 Å². The van der Waals surface area contributed by atoms with Gasteiger partial charge in [-0.05, 0) is 24.6 Å². The molecular formula is C16H17FN2O4. The second kappa shape index (κ2) is 5.34. The normalized spacial score (nSPS) is 26.6. The molecule has 1 aliphatic rings. The number of halogens is 1. The molecule has 0 unspecified atom stereocenters. The highest BCUT2D eigenvalue weighted by Crippen LogP contribution is 2.44. The van der Waals surface area contributed by atoms with Crippen molar-refractivity contribution in [2.75, 3.05) is 7.11 Å². The second-order valence-corrected chi connectivity index (χ2v) is 6.04. The number of rotatable bonds is 2. The van der Waals surface area contributed by atoms with Gasteiger partial charge in [0.05, 0.1) is 18.6 Å². The van der Waals surface area contributed by atoms with E-state index in [2.05, 4.69) is 10.2 Å². The third-order valence-corrected chi connectivity index (χ3v) is 4.41. The number of nitrogens with one attached hydrogen (secondary N) is 2. The fourth-order valence-corrected chi connectivity index (χ4v) is 3.44. The summed E-state index contributed by atoms with van der Waals surface area (Å²) in [7, 11) is 1.22. The Morgan fingerprint density at radius 2 is 2.17 bits per heavy atom. The molecule has 3 rings (SSSR count). The molecule has 0 spiro atoms. The molecule has 1 aromatic carbocycles. The predicted molar refractivity (Wildman–Crippen MR) is 79.5 cm³/mol. The lowest BCUT2D eigenvalue weighted by Crippen LogP contribution is -2.49. The highest BCUT2D eigenvalue weighted by atomic mass is 19.1. The third kappa shape index (κ3) is 2.46. The van der Waals surface area contributed by atoms with Gasteiger partial charge >= 0.3 is 5.97 Å². The number of esters is 1. The number of aliphatic hydroxyl groups is 1. The van der Waals surface area contributed by atoms with Gasteiger partial charge in [0.1, 0.15) is 5.82 Å². The summed E-state index contributed by atoms with van der Waals surface area (Å²) in [6.07, 6.45) is 0.0899. The van der Waals surface area contributed by atoms with Gasteiger partial charge in [-0.1, -0.05) is 12.1 Å². The Morgan fingerprint density at radius 1 is 1.43 bits per heavy atom. The number of aromatic nitrogens is 2. The molecule has 0 amide bonds. The van der Waals surface area contributed by atoms with Crippen molar-refractivity contribution in [3.8, 4) is 0 Å². The Morgan fingerprint density at radius 3 is 2.83 bits per heavy atom. The predicted octanol–water partition coefficient (Wildman–Crippen LogP) is 1.07. The molecule has 1 aromatic heterocycles. The van der Waals surface area contributed by atoms with Crippen molar-refractivity contribution >= 4 is 5.97 Å². The van der Waals surface area contributed by atoms with Crippen molar-refractivity contribution in [2.45, 2.75) is 24.9 Å². The summed E-state index contributed by atoms with van der Waals surface area (Å²) in [6.45, 7) is 1.51. The highest BCUT2D eigenvalue weighted by Gasteiger charge is 2.51.